The van der Waals surface area contributed by atoms with Crippen LogP contribution < -0.4 is 0 Å². The van der Waals surface area contributed by atoms with Crippen LogP contribution in [-0.2, 0) is 4.79 Å². The Balaban J connectivity index is 4.17. The molecule has 0 aliphatic carbocycles. The number of nitrogens with zero attached hydrogens (tertiary/aromatic N) is 1. The van der Waals surface area contributed by atoms with E-state index in [2.05, 4.69) is 5.92 Å². The second kappa shape index (κ2) is 2.54. The maximum atomic E-state index is 10.1. The van der Waals surface area contributed by atoms with Gasteiger partial charge < -0.3 is 4.90 Å². The molecule has 1 amide bonds. The first-order chi connectivity index (χ1) is 4.04. The van der Waals surface area contributed by atoms with Gasteiger partial charge in [-0.2, -0.15) is 0 Å². The molecule has 0 atom stereocenters. The van der Waals surface area contributed by atoms with Crippen LogP contribution in [-0.4, -0.2) is 23.9 Å². The lowest BCUT2D eigenvalue weighted by molar-refractivity contribution is -0.119. The molecule has 0 spiro atoms. The van der Waals surface area contributed by atoms with E-state index < -0.39 is 5.54 Å². The van der Waals surface area contributed by atoms with E-state index in [1.54, 1.807) is 20.9 Å². The Bertz CT molecular complexity index is 143. The number of amides is 1. The highest BCUT2D eigenvalue weighted by Crippen LogP contribution is 2.06. The molecular formula is C7H11NO. The van der Waals surface area contributed by atoms with Crippen molar-refractivity contribution in [3.63, 3.8) is 0 Å². The van der Waals surface area contributed by atoms with Crippen LogP contribution in [0.2, 0.25) is 0 Å². The molecule has 0 aromatic carbocycles. The Morgan fingerprint density at radius 2 is 2.11 bits per heavy atom. The fourth-order valence-corrected chi connectivity index (χ4v) is 0.234. The van der Waals surface area contributed by atoms with Gasteiger partial charge >= 0.3 is 0 Å². The van der Waals surface area contributed by atoms with Gasteiger partial charge in [-0.15, -0.1) is 6.42 Å². The van der Waals surface area contributed by atoms with E-state index in [0.29, 0.717) is 0 Å². The number of carbonyl (C=O) groups excluding carboxylic acids is 1. The molecule has 0 rings (SSSR count). The van der Waals surface area contributed by atoms with Gasteiger partial charge in [-0.1, -0.05) is 5.92 Å². The average Bonchev–Trinajstić information content (AvgIpc) is 1.86. The highest BCUT2D eigenvalue weighted by molar-refractivity contribution is 5.49. The zero-order valence-electron chi connectivity index (χ0n) is 6.01. The summed E-state index contributed by atoms with van der Waals surface area (Å²) in [6, 6.07) is 0. The smallest absolute Gasteiger partial charge is 0.210 e. The van der Waals surface area contributed by atoms with E-state index in [1.165, 1.54) is 4.90 Å². The number of carbonyl (C=O) groups is 1. The molecule has 0 saturated heterocycles. The van der Waals surface area contributed by atoms with Gasteiger partial charge in [0.15, 0.2) is 0 Å². The molecule has 0 aromatic heterocycles. The molecule has 0 saturated carbocycles. The second-order valence-electron chi connectivity index (χ2n) is 2.42. The molecule has 50 valence electrons. The summed E-state index contributed by atoms with van der Waals surface area (Å²) in [5.41, 5.74) is -0.457. The lowest BCUT2D eigenvalue weighted by atomic mass is 10.1. The minimum absolute atomic E-state index is 0.457. The summed E-state index contributed by atoms with van der Waals surface area (Å²) >= 11 is 0. The number of rotatable bonds is 2. The largest absolute Gasteiger partial charge is 0.332 e. The number of terminal acetylenes is 1. The Kier molecular flexibility index (Phi) is 2.27. The van der Waals surface area contributed by atoms with Crippen LogP contribution in [0, 0.1) is 12.3 Å². The van der Waals surface area contributed by atoms with E-state index in [0.717, 1.165) is 6.41 Å². The molecule has 9 heavy (non-hydrogen) atoms. The molecule has 0 aliphatic rings. The zero-order valence-corrected chi connectivity index (χ0v) is 6.01. The van der Waals surface area contributed by atoms with Crippen molar-refractivity contribution in [3.05, 3.63) is 0 Å². The van der Waals surface area contributed by atoms with E-state index >= 15 is 0 Å². The summed E-state index contributed by atoms with van der Waals surface area (Å²) in [7, 11) is 1.66. The highest BCUT2D eigenvalue weighted by Gasteiger charge is 2.17. The van der Waals surface area contributed by atoms with E-state index in [-0.39, 0.29) is 0 Å². The standard InChI is InChI=1S/C7H11NO/c1-5-7(2,3)8(4)6-9/h1,6H,2-4H3. The third kappa shape index (κ3) is 1.77. The molecular weight excluding hydrogens is 114 g/mol. The van der Waals surface area contributed by atoms with Crippen LogP contribution in [0.15, 0.2) is 0 Å². The maximum Gasteiger partial charge on any atom is 0.210 e. The van der Waals surface area contributed by atoms with Crippen molar-refractivity contribution in [2.24, 2.45) is 0 Å². The van der Waals surface area contributed by atoms with Gasteiger partial charge in [0.1, 0.15) is 0 Å². The summed E-state index contributed by atoms with van der Waals surface area (Å²) < 4.78 is 0. The molecule has 0 bridgehead atoms. The summed E-state index contributed by atoms with van der Waals surface area (Å²) in [5.74, 6) is 2.49. The Hall–Kier alpha value is -0.970. The zero-order chi connectivity index (χ0) is 7.49. The lowest BCUT2D eigenvalue weighted by Crippen LogP contribution is -2.38. The van der Waals surface area contributed by atoms with Crippen LogP contribution in [0.1, 0.15) is 13.8 Å². The van der Waals surface area contributed by atoms with Crippen LogP contribution in [0.4, 0.5) is 0 Å². The Morgan fingerprint density at radius 1 is 1.67 bits per heavy atom. The average molecular weight is 125 g/mol. The van der Waals surface area contributed by atoms with Crippen molar-refractivity contribution in [2.75, 3.05) is 7.05 Å². The molecule has 0 radical (unpaired) electrons. The summed E-state index contributed by atoms with van der Waals surface area (Å²) in [6.45, 7) is 3.61. The molecule has 2 heteroatoms. The first-order valence-electron chi connectivity index (χ1n) is 2.70. The van der Waals surface area contributed by atoms with E-state index in [4.69, 9.17) is 6.42 Å². The predicted molar refractivity (Wildman–Crippen MR) is 36.7 cm³/mol. The fourth-order valence-electron chi connectivity index (χ4n) is 0.234. The van der Waals surface area contributed by atoms with Gasteiger partial charge in [0, 0.05) is 7.05 Å². The molecule has 0 unspecified atom stereocenters. The molecule has 0 aliphatic heterocycles. The summed E-state index contributed by atoms with van der Waals surface area (Å²) in [4.78, 5) is 11.6. The first-order valence-corrected chi connectivity index (χ1v) is 2.70. The minimum Gasteiger partial charge on any atom is -0.332 e. The monoisotopic (exact) mass is 125 g/mol. The van der Waals surface area contributed by atoms with Crippen molar-refractivity contribution in [1.82, 2.24) is 4.90 Å². The predicted octanol–water partition coefficient (Wildman–Crippen LogP) is 0.486. The lowest BCUT2D eigenvalue weighted by Gasteiger charge is -2.26. The summed E-state index contributed by atoms with van der Waals surface area (Å²) in [5, 5.41) is 0. The highest BCUT2D eigenvalue weighted by atomic mass is 16.1. The quantitative estimate of drug-likeness (QED) is 0.388. The van der Waals surface area contributed by atoms with Gasteiger partial charge in [-0.05, 0) is 13.8 Å². The molecule has 0 aromatic rings. The van der Waals surface area contributed by atoms with Crippen molar-refractivity contribution in [1.29, 1.82) is 0 Å². The van der Waals surface area contributed by atoms with Gasteiger partial charge in [0.2, 0.25) is 6.41 Å². The van der Waals surface area contributed by atoms with Crippen LogP contribution in [0.25, 0.3) is 0 Å². The molecule has 0 fully saturated rings. The second-order valence-corrected chi connectivity index (χ2v) is 2.42. The topological polar surface area (TPSA) is 20.3 Å². The third-order valence-electron chi connectivity index (χ3n) is 1.39. The Labute approximate surface area is 55.8 Å². The van der Waals surface area contributed by atoms with Gasteiger partial charge in [-0.3, -0.25) is 4.79 Å². The summed E-state index contributed by atoms with van der Waals surface area (Å²) in [6.07, 6.45) is 5.85. The van der Waals surface area contributed by atoms with Crippen molar-refractivity contribution in [3.8, 4) is 12.3 Å². The van der Waals surface area contributed by atoms with E-state index in [9.17, 15) is 4.79 Å². The SMILES string of the molecule is C#CC(C)(C)N(C)C=O. The third-order valence-corrected chi connectivity index (χ3v) is 1.39. The minimum atomic E-state index is -0.457. The van der Waals surface area contributed by atoms with Gasteiger partial charge in [-0.25, -0.2) is 0 Å². The number of hydrogen-bond acceptors (Lipinski definition) is 1. The van der Waals surface area contributed by atoms with Crippen molar-refractivity contribution >= 4 is 6.41 Å². The van der Waals surface area contributed by atoms with Gasteiger partial charge in [0.05, 0.1) is 5.54 Å². The van der Waals surface area contributed by atoms with Crippen molar-refractivity contribution in [2.45, 2.75) is 19.4 Å². The fraction of sp³-hybridized carbons (Fsp3) is 0.571. The Morgan fingerprint density at radius 3 is 2.22 bits per heavy atom. The molecule has 2 nitrogen and oxygen atoms in total. The van der Waals surface area contributed by atoms with Crippen LogP contribution in [0.5, 0.6) is 0 Å². The normalized spacial score (nSPS) is 10.0. The van der Waals surface area contributed by atoms with E-state index in [1.807, 2.05) is 0 Å². The van der Waals surface area contributed by atoms with Crippen molar-refractivity contribution < 1.29 is 4.79 Å². The molecule has 0 heterocycles. The van der Waals surface area contributed by atoms with Crippen LogP contribution >= 0.6 is 0 Å². The van der Waals surface area contributed by atoms with Crippen LogP contribution in [0.3, 0.4) is 0 Å². The first kappa shape index (κ1) is 8.03. The number of hydrogen-bond donors (Lipinski definition) is 0. The van der Waals surface area contributed by atoms with Gasteiger partial charge in [0.25, 0.3) is 0 Å². The molecule has 0 N–H and O–H groups in total. The maximum absolute atomic E-state index is 10.1.